The van der Waals surface area contributed by atoms with E-state index < -0.39 is 0 Å². The molecular weight excluding hydrogens is 216 g/mol. The summed E-state index contributed by atoms with van der Waals surface area (Å²) in [5, 5.41) is 3.51. The highest BCUT2D eigenvalue weighted by molar-refractivity contribution is 5.04. The van der Waals surface area contributed by atoms with Gasteiger partial charge in [-0.05, 0) is 39.7 Å². The van der Waals surface area contributed by atoms with Gasteiger partial charge in [-0.1, -0.05) is 6.42 Å². The van der Waals surface area contributed by atoms with Crippen molar-refractivity contribution in [3.63, 3.8) is 0 Å². The molecule has 1 N–H and O–H groups in total. The van der Waals surface area contributed by atoms with Crippen molar-refractivity contribution in [1.29, 1.82) is 0 Å². The summed E-state index contributed by atoms with van der Waals surface area (Å²) in [4.78, 5) is 4.29. The Hall–Kier alpha value is -0.870. The van der Waals surface area contributed by atoms with Crippen LogP contribution in [-0.2, 0) is 11.3 Å². The van der Waals surface area contributed by atoms with E-state index in [4.69, 9.17) is 9.15 Å². The van der Waals surface area contributed by atoms with Gasteiger partial charge < -0.3 is 14.5 Å². The summed E-state index contributed by atoms with van der Waals surface area (Å²) in [6.45, 7) is 6.30. The lowest BCUT2D eigenvalue weighted by molar-refractivity contribution is 0.0914. The normalized spacial score (nSPS) is 20.7. The molecule has 4 nitrogen and oxygen atoms in total. The molecule has 0 radical (unpaired) electrons. The molecule has 4 heteroatoms. The van der Waals surface area contributed by atoms with Crippen molar-refractivity contribution in [2.75, 3.05) is 13.2 Å². The first-order chi connectivity index (χ1) is 8.25. The van der Waals surface area contributed by atoms with E-state index in [0.29, 0.717) is 18.5 Å². The fourth-order valence-electron chi connectivity index (χ4n) is 2.16. The molecule has 96 valence electrons. The Labute approximate surface area is 103 Å². The minimum absolute atomic E-state index is 0.488. The van der Waals surface area contributed by atoms with Gasteiger partial charge in [-0.2, -0.15) is 0 Å². The van der Waals surface area contributed by atoms with Gasteiger partial charge >= 0.3 is 0 Å². The van der Waals surface area contributed by atoms with Gasteiger partial charge in [0, 0.05) is 12.6 Å². The van der Waals surface area contributed by atoms with Crippen molar-refractivity contribution in [1.82, 2.24) is 10.3 Å². The van der Waals surface area contributed by atoms with Crippen LogP contribution in [0.4, 0.5) is 0 Å². The van der Waals surface area contributed by atoms with E-state index in [0.717, 1.165) is 31.0 Å². The van der Waals surface area contributed by atoms with E-state index in [1.807, 2.05) is 13.8 Å². The Balaban J connectivity index is 1.62. The average Bonchev–Trinajstić information content (AvgIpc) is 2.66. The lowest BCUT2D eigenvalue weighted by atomic mass is 10.0. The summed E-state index contributed by atoms with van der Waals surface area (Å²) >= 11 is 0. The molecule has 17 heavy (non-hydrogen) atoms. The van der Waals surface area contributed by atoms with Crippen molar-refractivity contribution in [2.24, 2.45) is 0 Å². The number of nitrogens with one attached hydrogen (secondary N) is 1. The molecule has 0 amide bonds. The average molecular weight is 238 g/mol. The number of aryl methyl sites for hydroxylation is 2. The van der Waals surface area contributed by atoms with Gasteiger partial charge in [-0.15, -0.1) is 0 Å². The monoisotopic (exact) mass is 238 g/mol. The third kappa shape index (κ3) is 3.82. The number of hydrogen-bond donors (Lipinski definition) is 1. The number of ether oxygens (including phenoxy) is 1. The van der Waals surface area contributed by atoms with E-state index in [9.17, 15) is 0 Å². The molecule has 1 fully saturated rings. The first-order valence-corrected chi connectivity index (χ1v) is 6.50. The minimum Gasteiger partial charge on any atom is -0.443 e. The van der Waals surface area contributed by atoms with Crippen LogP contribution in [-0.4, -0.2) is 24.2 Å². The summed E-state index contributed by atoms with van der Waals surface area (Å²) < 4.78 is 11.0. The molecule has 1 aliphatic rings. The molecule has 0 spiro atoms. The molecule has 1 aromatic rings. The van der Waals surface area contributed by atoms with Gasteiger partial charge in [0.25, 0.3) is 0 Å². The summed E-state index contributed by atoms with van der Waals surface area (Å²) in [7, 11) is 0. The fraction of sp³-hybridized carbons (Fsp3) is 0.769. The second-order valence-corrected chi connectivity index (χ2v) is 4.74. The molecule has 0 aliphatic carbocycles. The molecule has 1 unspecified atom stereocenters. The van der Waals surface area contributed by atoms with Crippen molar-refractivity contribution in [3.05, 3.63) is 17.3 Å². The van der Waals surface area contributed by atoms with Crippen LogP contribution in [0.3, 0.4) is 0 Å². The van der Waals surface area contributed by atoms with Crippen LogP contribution >= 0.6 is 0 Å². The van der Waals surface area contributed by atoms with Crippen molar-refractivity contribution < 1.29 is 9.15 Å². The van der Waals surface area contributed by atoms with Crippen LogP contribution in [0.2, 0.25) is 0 Å². The van der Waals surface area contributed by atoms with Crippen LogP contribution in [0, 0.1) is 13.8 Å². The predicted octanol–water partition coefficient (Wildman–Crippen LogP) is 2.34. The number of rotatable bonds is 5. The molecule has 1 atom stereocenters. The third-order valence-corrected chi connectivity index (χ3v) is 3.32. The molecule has 2 heterocycles. The second kappa shape index (κ2) is 6.17. The zero-order chi connectivity index (χ0) is 12.1. The SMILES string of the molecule is Cc1nc(COCCC2CCCCN2)oc1C. The van der Waals surface area contributed by atoms with Gasteiger partial charge in [-0.25, -0.2) is 4.98 Å². The van der Waals surface area contributed by atoms with E-state index in [1.54, 1.807) is 0 Å². The van der Waals surface area contributed by atoms with E-state index >= 15 is 0 Å². The molecule has 1 saturated heterocycles. The summed E-state index contributed by atoms with van der Waals surface area (Å²) in [6, 6.07) is 0.636. The van der Waals surface area contributed by atoms with Gasteiger partial charge in [0.05, 0.1) is 5.69 Å². The molecule has 0 aromatic carbocycles. The fourth-order valence-corrected chi connectivity index (χ4v) is 2.16. The van der Waals surface area contributed by atoms with E-state index in [2.05, 4.69) is 10.3 Å². The number of nitrogens with zero attached hydrogens (tertiary/aromatic N) is 1. The second-order valence-electron chi connectivity index (χ2n) is 4.74. The van der Waals surface area contributed by atoms with Crippen LogP contribution in [0.1, 0.15) is 43.0 Å². The number of oxazole rings is 1. The maximum Gasteiger partial charge on any atom is 0.220 e. The highest BCUT2D eigenvalue weighted by atomic mass is 16.5. The maximum atomic E-state index is 5.59. The van der Waals surface area contributed by atoms with Crippen LogP contribution in [0.5, 0.6) is 0 Å². The number of piperidine rings is 1. The van der Waals surface area contributed by atoms with Gasteiger partial charge in [0.2, 0.25) is 5.89 Å². The highest BCUT2D eigenvalue weighted by Gasteiger charge is 2.12. The zero-order valence-corrected chi connectivity index (χ0v) is 10.8. The van der Waals surface area contributed by atoms with Crippen molar-refractivity contribution in [2.45, 2.75) is 52.2 Å². The lowest BCUT2D eigenvalue weighted by Gasteiger charge is -2.22. The topological polar surface area (TPSA) is 47.3 Å². The Kier molecular flexibility index (Phi) is 4.57. The zero-order valence-electron chi connectivity index (χ0n) is 10.8. The van der Waals surface area contributed by atoms with Crippen molar-refractivity contribution >= 4 is 0 Å². The molecule has 0 saturated carbocycles. The van der Waals surface area contributed by atoms with Crippen molar-refractivity contribution in [3.8, 4) is 0 Å². The molecular formula is C13H22N2O2. The Bertz CT molecular complexity index is 324. The Morgan fingerprint density at radius 3 is 2.94 bits per heavy atom. The summed E-state index contributed by atoms with van der Waals surface area (Å²) in [5.74, 6) is 1.58. The predicted molar refractivity (Wildman–Crippen MR) is 65.9 cm³/mol. The maximum absolute atomic E-state index is 5.59. The largest absolute Gasteiger partial charge is 0.443 e. The standard InChI is InChI=1S/C13H22N2O2/c1-10-11(2)17-13(15-10)9-16-8-6-12-5-3-4-7-14-12/h12,14H,3-9H2,1-2H3. The highest BCUT2D eigenvalue weighted by Crippen LogP contribution is 2.12. The summed E-state index contributed by atoms with van der Waals surface area (Å²) in [6.07, 6.45) is 5.02. The third-order valence-electron chi connectivity index (χ3n) is 3.32. The van der Waals surface area contributed by atoms with E-state index in [-0.39, 0.29) is 0 Å². The molecule has 0 bridgehead atoms. The molecule has 1 aliphatic heterocycles. The van der Waals surface area contributed by atoms with Gasteiger partial charge in [-0.3, -0.25) is 0 Å². The first kappa shape index (κ1) is 12.6. The van der Waals surface area contributed by atoms with E-state index in [1.165, 1.54) is 19.3 Å². The number of aromatic nitrogens is 1. The van der Waals surface area contributed by atoms with Gasteiger partial charge in [0.15, 0.2) is 0 Å². The lowest BCUT2D eigenvalue weighted by Crippen LogP contribution is -2.34. The minimum atomic E-state index is 0.488. The van der Waals surface area contributed by atoms with Crippen LogP contribution in [0.25, 0.3) is 0 Å². The van der Waals surface area contributed by atoms with Crippen LogP contribution < -0.4 is 5.32 Å². The first-order valence-electron chi connectivity index (χ1n) is 6.50. The quantitative estimate of drug-likeness (QED) is 0.800. The molecule has 1 aromatic heterocycles. The Morgan fingerprint density at radius 1 is 1.41 bits per heavy atom. The number of hydrogen-bond acceptors (Lipinski definition) is 4. The van der Waals surface area contributed by atoms with Crippen LogP contribution in [0.15, 0.2) is 4.42 Å². The smallest absolute Gasteiger partial charge is 0.220 e. The molecule has 2 rings (SSSR count). The Morgan fingerprint density at radius 2 is 2.29 bits per heavy atom. The summed E-state index contributed by atoms with van der Waals surface area (Å²) in [5.41, 5.74) is 0.956. The van der Waals surface area contributed by atoms with Gasteiger partial charge in [0.1, 0.15) is 12.4 Å².